The second kappa shape index (κ2) is 9.05. The van der Waals surface area contributed by atoms with Crippen molar-refractivity contribution in [3.05, 3.63) is 152 Å². The molecule has 218 valence electrons. The minimum absolute atomic E-state index is 0.823. The smallest absolute Gasteiger partial charge is 0.221 e. The molecule has 0 radical (unpaired) electrons. The van der Waals surface area contributed by atoms with Gasteiger partial charge in [0.25, 0.3) is 0 Å². The maximum atomic E-state index is 5.37. The highest BCUT2D eigenvalue weighted by Crippen LogP contribution is 2.39. The molecule has 0 atom stereocenters. The van der Waals surface area contributed by atoms with Gasteiger partial charge in [0.05, 0.1) is 38.6 Å². The molecule has 5 heteroatoms. The van der Waals surface area contributed by atoms with Crippen molar-refractivity contribution < 1.29 is 0 Å². The fourth-order valence-corrected chi connectivity index (χ4v) is 7.81. The lowest BCUT2D eigenvalue weighted by Gasteiger charge is -2.13. The highest BCUT2D eigenvalue weighted by Gasteiger charge is 2.21. The van der Waals surface area contributed by atoms with E-state index in [9.17, 15) is 0 Å². The average Bonchev–Trinajstić information content (AvgIpc) is 3.79. The van der Waals surface area contributed by atoms with Crippen molar-refractivity contribution in [3.63, 3.8) is 0 Å². The molecule has 0 unspecified atom stereocenters. The third-order valence-corrected chi connectivity index (χ3v) is 9.80. The largest absolute Gasteiger partial charge is 0.309 e. The zero-order valence-corrected chi connectivity index (χ0v) is 25.2. The van der Waals surface area contributed by atoms with Crippen LogP contribution in [0.1, 0.15) is 0 Å². The summed E-state index contributed by atoms with van der Waals surface area (Å²) in [5.41, 5.74) is 9.50. The van der Waals surface area contributed by atoms with E-state index in [1.807, 2.05) is 12.1 Å². The van der Waals surface area contributed by atoms with Crippen molar-refractivity contribution in [1.29, 1.82) is 0 Å². The van der Waals surface area contributed by atoms with Gasteiger partial charge >= 0.3 is 0 Å². The Morgan fingerprint density at radius 2 is 1.02 bits per heavy atom. The van der Waals surface area contributed by atoms with E-state index in [2.05, 4.69) is 153 Å². The second-order valence-electron chi connectivity index (χ2n) is 12.3. The van der Waals surface area contributed by atoms with Gasteiger partial charge in [-0.15, -0.1) is 0 Å². The Hall–Kier alpha value is -6.46. The molecule has 0 amide bonds. The fourth-order valence-electron chi connectivity index (χ4n) is 7.81. The first-order valence-electron chi connectivity index (χ1n) is 15.9. The Balaban J connectivity index is 1.30. The standard InChI is InChI=1S/C42H25N5/c1-2-12-28-26(11-1)21-24-38-40(28)32-15-5-9-19-36(32)45(38)27-22-23-30-29-13-4-8-18-35(29)46(39(30)25-27)42-44-33-16-6-3-14-31(33)41-43-34-17-7-10-20-37(34)47(41)42/h1-25H. The summed E-state index contributed by atoms with van der Waals surface area (Å²) < 4.78 is 6.96. The van der Waals surface area contributed by atoms with Crippen molar-refractivity contribution in [1.82, 2.24) is 23.5 Å². The fraction of sp³-hybridized carbons (Fsp3) is 0. The van der Waals surface area contributed by atoms with Gasteiger partial charge in [0.15, 0.2) is 0 Å². The molecule has 0 bridgehead atoms. The summed E-state index contributed by atoms with van der Waals surface area (Å²) in [5, 5.41) is 8.46. The Morgan fingerprint density at radius 1 is 0.383 bits per heavy atom. The summed E-state index contributed by atoms with van der Waals surface area (Å²) in [6.45, 7) is 0. The van der Waals surface area contributed by atoms with Gasteiger partial charge in [0, 0.05) is 32.6 Å². The van der Waals surface area contributed by atoms with Crippen molar-refractivity contribution in [2.24, 2.45) is 0 Å². The lowest BCUT2D eigenvalue weighted by atomic mass is 10.0. The topological polar surface area (TPSA) is 40.0 Å². The first-order valence-corrected chi connectivity index (χ1v) is 15.9. The Bertz CT molecular complexity index is 3080. The monoisotopic (exact) mass is 599 g/mol. The van der Waals surface area contributed by atoms with Gasteiger partial charge in [-0.25, -0.2) is 9.97 Å². The Kier molecular flexibility index (Phi) is 4.78. The number of imidazole rings is 1. The molecule has 47 heavy (non-hydrogen) atoms. The van der Waals surface area contributed by atoms with Crippen LogP contribution in [0, 0.1) is 0 Å². The molecule has 11 aromatic rings. The number of benzene rings is 7. The van der Waals surface area contributed by atoms with E-state index in [0.29, 0.717) is 0 Å². The molecule has 0 spiro atoms. The van der Waals surface area contributed by atoms with Crippen LogP contribution in [-0.2, 0) is 0 Å². The quantitative estimate of drug-likeness (QED) is 0.198. The number of hydrogen-bond donors (Lipinski definition) is 0. The van der Waals surface area contributed by atoms with E-state index < -0.39 is 0 Å². The summed E-state index contributed by atoms with van der Waals surface area (Å²) >= 11 is 0. The molecule has 0 aliphatic heterocycles. The molecule has 0 saturated heterocycles. The van der Waals surface area contributed by atoms with Gasteiger partial charge in [0.1, 0.15) is 5.65 Å². The van der Waals surface area contributed by atoms with Crippen molar-refractivity contribution in [3.8, 4) is 11.6 Å². The van der Waals surface area contributed by atoms with Crippen molar-refractivity contribution in [2.75, 3.05) is 0 Å². The normalized spacial score (nSPS) is 12.3. The van der Waals surface area contributed by atoms with E-state index >= 15 is 0 Å². The number of rotatable bonds is 2. The number of hydrogen-bond acceptors (Lipinski definition) is 2. The molecule has 7 aromatic carbocycles. The van der Waals surface area contributed by atoms with E-state index in [1.165, 1.54) is 43.4 Å². The number of nitrogens with zero attached hydrogens (tertiary/aromatic N) is 5. The van der Waals surface area contributed by atoms with Crippen LogP contribution in [0.15, 0.2) is 152 Å². The summed E-state index contributed by atoms with van der Waals surface area (Å²) in [6.07, 6.45) is 0. The zero-order valence-electron chi connectivity index (χ0n) is 25.2. The number of aromatic nitrogens is 5. The van der Waals surface area contributed by atoms with Gasteiger partial charge in [-0.1, -0.05) is 97.1 Å². The maximum Gasteiger partial charge on any atom is 0.221 e. The molecule has 5 nitrogen and oxygen atoms in total. The van der Waals surface area contributed by atoms with E-state index in [0.717, 1.165) is 50.3 Å². The van der Waals surface area contributed by atoms with Crippen LogP contribution >= 0.6 is 0 Å². The van der Waals surface area contributed by atoms with Crippen molar-refractivity contribution >= 4 is 82.0 Å². The zero-order chi connectivity index (χ0) is 30.6. The van der Waals surface area contributed by atoms with Crippen LogP contribution in [0.3, 0.4) is 0 Å². The van der Waals surface area contributed by atoms with Gasteiger partial charge in [-0.05, 0) is 65.4 Å². The van der Waals surface area contributed by atoms with E-state index in [-0.39, 0.29) is 0 Å². The third kappa shape index (κ3) is 3.27. The van der Waals surface area contributed by atoms with Gasteiger partial charge in [-0.2, -0.15) is 0 Å². The van der Waals surface area contributed by atoms with Crippen molar-refractivity contribution in [2.45, 2.75) is 0 Å². The molecule has 4 aromatic heterocycles. The summed E-state index contributed by atoms with van der Waals surface area (Å²) in [4.78, 5) is 10.5. The van der Waals surface area contributed by atoms with Gasteiger partial charge < -0.3 is 4.57 Å². The lowest BCUT2D eigenvalue weighted by molar-refractivity contribution is 0.978. The Morgan fingerprint density at radius 3 is 1.87 bits per heavy atom. The van der Waals surface area contributed by atoms with Gasteiger partial charge in [-0.3, -0.25) is 8.97 Å². The van der Waals surface area contributed by atoms with Crippen LogP contribution in [0.4, 0.5) is 0 Å². The molecular weight excluding hydrogens is 574 g/mol. The Labute approximate surface area is 268 Å². The maximum absolute atomic E-state index is 5.37. The van der Waals surface area contributed by atoms with Crippen LogP contribution in [-0.4, -0.2) is 23.5 Å². The summed E-state index contributed by atoms with van der Waals surface area (Å²) in [6, 6.07) is 54.1. The molecule has 11 rings (SSSR count). The lowest BCUT2D eigenvalue weighted by Crippen LogP contribution is -2.06. The first-order chi connectivity index (χ1) is 23.3. The van der Waals surface area contributed by atoms with Gasteiger partial charge in [0.2, 0.25) is 5.95 Å². The molecule has 0 aliphatic carbocycles. The van der Waals surface area contributed by atoms with Crippen LogP contribution in [0.5, 0.6) is 0 Å². The molecule has 0 fully saturated rings. The van der Waals surface area contributed by atoms with Crippen LogP contribution in [0.2, 0.25) is 0 Å². The SMILES string of the molecule is c1ccc2c(c1)ccc1c2c2ccccc2n1-c1ccc2c3ccccc3n(-c3nc4ccccc4c4nc5ccccc5n34)c2c1. The van der Waals surface area contributed by atoms with Crippen LogP contribution < -0.4 is 0 Å². The highest BCUT2D eigenvalue weighted by atomic mass is 15.2. The van der Waals surface area contributed by atoms with E-state index in [1.54, 1.807) is 0 Å². The molecule has 0 aliphatic rings. The predicted molar refractivity (Wildman–Crippen MR) is 194 cm³/mol. The first kappa shape index (κ1) is 24.8. The van der Waals surface area contributed by atoms with Crippen LogP contribution in [0.25, 0.3) is 93.6 Å². The highest BCUT2D eigenvalue weighted by molar-refractivity contribution is 6.21. The number of para-hydroxylation sites is 5. The molecule has 0 saturated carbocycles. The molecule has 4 heterocycles. The summed E-state index contributed by atoms with van der Waals surface area (Å²) in [7, 11) is 0. The summed E-state index contributed by atoms with van der Waals surface area (Å²) in [5.74, 6) is 0.823. The minimum Gasteiger partial charge on any atom is -0.309 e. The molecular formula is C42H25N5. The predicted octanol–water partition coefficient (Wildman–Crippen LogP) is 10.4. The van der Waals surface area contributed by atoms with E-state index in [4.69, 9.17) is 9.97 Å². The second-order valence-corrected chi connectivity index (χ2v) is 12.3. The average molecular weight is 600 g/mol. The third-order valence-electron chi connectivity index (χ3n) is 9.80. The minimum atomic E-state index is 0.823. The number of fused-ring (bicyclic) bond motifs is 13. The molecule has 0 N–H and O–H groups in total.